The Morgan fingerprint density at radius 3 is 2.50 bits per heavy atom. The van der Waals surface area contributed by atoms with Crippen molar-refractivity contribution in [2.45, 2.75) is 39.4 Å². The lowest BCUT2D eigenvalue weighted by molar-refractivity contribution is -0.137. The Bertz CT molecular complexity index is 779. The SMILES string of the molecule is CCc1nnc(NC(=O)[C@@H](Nc2ccc(C(F)(F)F)cc2Cl)C(C)C)s1. The number of carbonyl (C=O) groups excluding carboxylic acids is 1. The van der Waals surface area contributed by atoms with Crippen molar-refractivity contribution in [3.8, 4) is 0 Å². The molecule has 5 nitrogen and oxygen atoms in total. The van der Waals surface area contributed by atoms with Crippen molar-refractivity contribution >= 4 is 39.7 Å². The molecule has 10 heteroatoms. The van der Waals surface area contributed by atoms with Crippen LogP contribution in [-0.2, 0) is 17.4 Å². The maximum Gasteiger partial charge on any atom is 0.416 e. The molecule has 0 aliphatic carbocycles. The molecule has 1 atom stereocenters. The highest BCUT2D eigenvalue weighted by atomic mass is 35.5. The fourth-order valence-electron chi connectivity index (χ4n) is 2.14. The summed E-state index contributed by atoms with van der Waals surface area (Å²) < 4.78 is 38.2. The van der Waals surface area contributed by atoms with Crippen molar-refractivity contribution in [3.63, 3.8) is 0 Å². The third-order valence-corrected chi connectivity index (χ3v) is 4.85. The molecule has 2 aromatic rings. The lowest BCUT2D eigenvalue weighted by atomic mass is 10.0. The van der Waals surface area contributed by atoms with Gasteiger partial charge in [-0.25, -0.2) is 0 Å². The van der Waals surface area contributed by atoms with E-state index in [4.69, 9.17) is 11.6 Å². The number of aromatic nitrogens is 2. The third-order valence-electron chi connectivity index (χ3n) is 3.56. The highest BCUT2D eigenvalue weighted by Gasteiger charge is 2.31. The number of nitrogens with one attached hydrogen (secondary N) is 2. The minimum absolute atomic E-state index is 0.109. The Labute approximate surface area is 158 Å². The minimum Gasteiger partial charge on any atom is -0.372 e. The van der Waals surface area contributed by atoms with Crippen LogP contribution in [0.1, 0.15) is 31.3 Å². The van der Waals surface area contributed by atoms with E-state index in [-0.39, 0.29) is 22.5 Å². The first-order valence-corrected chi connectivity index (χ1v) is 9.07. The number of carbonyl (C=O) groups is 1. The molecule has 0 aliphatic rings. The second-order valence-electron chi connectivity index (χ2n) is 5.90. The van der Waals surface area contributed by atoms with Crippen molar-refractivity contribution < 1.29 is 18.0 Å². The maximum atomic E-state index is 12.7. The Morgan fingerprint density at radius 1 is 1.31 bits per heavy atom. The third kappa shape index (κ3) is 5.07. The zero-order valence-corrected chi connectivity index (χ0v) is 15.9. The van der Waals surface area contributed by atoms with Crippen LogP contribution in [0, 0.1) is 5.92 Å². The van der Waals surface area contributed by atoms with Gasteiger partial charge in [-0.05, 0) is 30.5 Å². The predicted molar refractivity (Wildman–Crippen MR) is 96.6 cm³/mol. The second kappa shape index (κ2) is 8.22. The van der Waals surface area contributed by atoms with Crippen molar-refractivity contribution in [2.75, 3.05) is 10.6 Å². The number of anilines is 2. The summed E-state index contributed by atoms with van der Waals surface area (Å²) in [6.45, 7) is 5.55. The maximum absolute atomic E-state index is 12.7. The van der Waals surface area contributed by atoms with E-state index in [0.29, 0.717) is 11.6 Å². The van der Waals surface area contributed by atoms with E-state index >= 15 is 0 Å². The summed E-state index contributed by atoms with van der Waals surface area (Å²) in [6.07, 6.45) is -3.77. The number of nitrogens with zero attached hydrogens (tertiary/aromatic N) is 2. The first kappa shape index (κ1) is 20.4. The molecule has 0 fully saturated rings. The van der Waals surface area contributed by atoms with Crippen molar-refractivity contribution in [3.05, 3.63) is 33.8 Å². The standard InChI is InChI=1S/C16H18ClF3N4OS/c1-4-12-23-24-15(26-12)22-14(25)13(8(2)3)21-11-6-5-9(7-10(11)17)16(18,19)20/h5-8,13,21H,4H2,1-3H3,(H,22,24,25)/t13-/m0/s1. The average Bonchev–Trinajstić information content (AvgIpc) is 2.99. The molecule has 2 N–H and O–H groups in total. The summed E-state index contributed by atoms with van der Waals surface area (Å²) in [4.78, 5) is 12.5. The molecular formula is C16H18ClF3N4OS. The van der Waals surface area contributed by atoms with Gasteiger partial charge in [0.15, 0.2) is 0 Å². The number of alkyl halides is 3. The molecule has 1 aromatic heterocycles. The average molecular weight is 407 g/mol. The highest BCUT2D eigenvalue weighted by molar-refractivity contribution is 7.15. The van der Waals surface area contributed by atoms with Gasteiger partial charge in [-0.3, -0.25) is 10.1 Å². The number of halogens is 4. The quantitative estimate of drug-likeness (QED) is 0.719. The molecule has 0 spiro atoms. The molecule has 1 aromatic carbocycles. The van der Waals surface area contributed by atoms with Crippen LogP contribution in [0.15, 0.2) is 18.2 Å². The number of hydrogen-bond acceptors (Lipinski definition) is 5. The predicted octanol–water partition coefficient (Wildman–Crippen LogP) is 4.85. The molecule has 142 valence electrons. The van der Waals surface area contributed by atoms with Gasteiger partial charge in [0.2, 0.25) is 11.0 Å². The lowest BCUT2D eigenvalue weighted by Crippen LogP contribution is -2.39. The van der Waals surface area contributed by atoms with Crippen molar-refractivity contribution in [1.29, 1.82) is 0 Å². The van der Waals surface area contributed by atoms with Gasteiger partial charge in [0.25, 0.3) is 0 Å². The van der Waals surface area contributed by atoms with Gasteiger partial charge in [0.05, 0.1) is 16.3 Å². The summed E-state index contributed by atoms with van der Waals surface area (Å²) in [5, 5.41) is 14.5. The zero-order valence-electron chi connectivity index (χ0n) is 14.3. The first-order chi connectivity index (χ1) is 12.1. The summed E-state index contributed by atoms with van der Waals surface area (Å²) in [5.74, 6) is -0.512. The number of amides is 1. The second-order valence-corrected chi connectivity index (χ2v) is 7.37. The Balaban J connectivity index is 2.16. The molecule has 0 aliphatic heterocycles. The zero-order chi connectivity index (χ0) is 19.5. The molecule has 0 bridgehead atoms. The monoisotopic (exact) mass is 406 g/mol. The number of benzene rings is 1. The van der Waals surface area contributed by atoms with E-state index in [1.54, 1.807) is 0 Å². The van der Waals surface area contributed by atoms with Crippen LogP contribution in [0.3, 0.4) is 0 Å². The van der Waals surface area contributed by atoms with E-state index < -0.39 is 17.8 Å². The molecule has 1 amide bonds. The smallest absolute Gasteiger partial charge is 0.372 e. The lowest BCUT2D eigenvalue weighted by Gasteiger charge is -2.23. The summed E-state index contributed by atoms with van der Waals surface area (Å²) in [7, 11) is 0. The minimum atomic E-state index is -4.48. The Kier molecular flexibility index (Phi) is 6.46. The Morgan fingerprint density at radius 2 is 2.00 bits per heavy atom. The van der Waals surface area contributed by atoms with E-state index in [9.17, 15) is 18.0 Å². The van der Waals surface area contributed by atoms with Crippen LogP contribution >= 0.6 is 22.9 Å². The summed E-state index contributed by atoms with van der Waals surface area (Å²) in [5.41, 5.74) is -0.598. The summed E-state index contributed by atoms with van der Waals surface area (Å²) >= 11 is 7.23. The van der Waals surface area contributed by atoms with Gasteiger partial charge >= 0.3 is 6.18 Å². The first-order valence-electron chi connectivity index (χ1n) is 7.88. The molecule has 2 rings (SSSR count). The van der Waals surface area contributed by atoms with Crippen molar-refractivity contribution in [1.82, 2.24) is 10.2 Å². The van der Waals surface area contributed by atoms with Gasteiger partial charge in [0, 0.05) is 0 Å². The van der Waals surface area contributed by atoms with Crippen LogP contribution < -0.4 is 10.6 Å². The number of rotatable bonds is 6. The van der Waals surface area contributed by atoms with E-state index in [1.807, 2.05) is 20.8 Å². The fraction of sp³-hybridized carbons (Fsp3) is 0.438. The Hall–Kier alpha value is -1.87. The summed E-state index contributed by atoms with van der Waals surface area (Å²) in [6, 6.07) is 2.26. The van der Waals surface area contributed by atoms with Crippen LogP contribution in [0.5, 0.6) is 0 Å². The molecule has 0 radical (unpaired) electrons. The fourth-order valence-corrected chi connectivity index (χ4v) is 3.06. The van der Waals surface area contributed by atoms with Gasteiger partial charge in [-0.15, -0.1) is 10.2 Å². The van der Waals surface area contributed by atoms with E-state index in [2.05, 4.69) is 20.8 Å². The largest absolute Gasteiger partial charge is 0.416 e. The van der Waals surface area contributed by atoms with Crippen molar-refractivity contribution in [2.24, 2.45) is 5.92 Å². The van der Waals surface area contributed by atoms with Gasteiger partial charge in [-0.1, -0.05) is 43.7 Å². The van der Waals surface area contributed by atoms with Gasteiger partial charge in [0.1, 0.15) is 11.0 Å². The van der Waals surface area contributed by atoms with Gasteiger partial charge in [-0.2, -0.15) is 13.2 Å². The normalized spacial score (nSPS) is 12.9. The molecule has 26 heavy (non-hydrogen) atoms. The molecule has 0 saturated heterocycles. The van der Waals surface area contributed by atoms with Crippen LogP contribution in [0.4, 0.5) is 24.0 Å². The topological polar surface area (TPSA) is 66.9 Å². The molecule has 1 heterocycles. The van der Waals surface area contributed by atoms with E-state index in [1.165, 1.54) is 17.4 Å². The molecule has 0 saturated carbocycles. The van der Waals surface area contributed by atoms with E-state index in [0.717, 1.165) is 17.1 Å². The van der Waals surface area contributed by atoms with Gasteiger partial charge < -0.3 is 5.32 Å². The molecular weight excluding hydrogens is 389 g/mol. The van der Waals surface area contributed by atoms with Crippen LogP contribution in [0.25, 0.3) is 0 Å². The van der Waals surface area contributed by atoms with Crippen LogP contribution in [-0.4, -0.2) is 22.1 Å². The molecule has 0 unspecified atom stereocenters. The number of hydrogen-bond donors (Lipinski definition) is 2. The number of aryl methyl sites for hydroxylation is 1. The highest BCUT2D eigenvalue weighted by Crippen LogP contribution is 2.34. The van der Waals surface area contributed by atoms with Crippen LogP contribution in [0.2, 0.25) is 5.02 Å².